The van der Waals surface area contributed by atoms with E-state index in [4.69, 9.17) is 4.52 Å². The van der Waals surface area contributed by atoms with E-state index >= 15 is 0 Å². The lowest BCUT2D eigenvalue weighted by Crippen LogP contribution is -2.27. The first kappa shape index (κ1) is 13.7. The van der Waals surface area contributed by atoms with Crippen molar-refractivity contribution in [2.75, 3.05) is 7.05 Å². The summed E-state index contributed by atoms with van der Waals surface area (Å²) in [5, 5.41) is 3.72. The third kappa shape index (κ3) is 2.82. The zero-order chi connectivity index (χ0) is 14.0. The van der Waals surface area contributed by atoms with Gasteiger partial charge in [0.25, 0.3) is 10.0 Å². The fraction of sp³-hybridized carbons (Fsp3) is 0.500. The summed E-state index contributed by atoms with van der Waals surface area (Å²) >= 11 is 0. The van der Waals surface area contributed by atoms with Gasteiger partial charge >= 0.3 is 0 Å². The Morgan fingerprint density at radius 3 is 2.74 bits per heavy atom. The number of imidazole rings is 1. The molecule has 2 rings (SSSR count). The summed E-state index contributed by atoms with van der Waals surface area (Å²) in [6, 6.07) is 0. The van der Waals surface area contributed by atoms with Gasteiger partial charge in [-0.15, -0.1) is 0 Å². The van der Waals surface area contributed by atoms with Crippen LogP contribution in [0.4, 0.5) is 0 Å². The Bertz CT molecular complexity index is 660. The molecule has 0 spiro atoms. The Morgan fingerprint density at radius 1 is 1.47 bits per heavy atom. The monoisotopic (exact) mass is 285 g/mol. The minimum absolute atomic E-state index is 0.00305. The van der Waals surface area contributed by atoms with E-state index in [9.17, 15) is 8.42 Å². The third-order valence-electron chi connectivity index (χ3n) is 2.53. The highest BCUT2D eigenvalue weighted by Gasteiger charge is 2.24. The lowest BCUT2D eigenvalue weighted by atomic mass is 10.5. The van der Waals surface area contributed by atoms with Gasteiger partial charge in [0.1, 0.15) is 0 Å². The minimum Gasteiger partial charge on any atom is -0.339 e. The standard InChI is InChI=1S/C10H15N5O3S/c1-4-9-12-8(13-18-9)5-15(3)19(16,17)10-6-14(2)7-11-10/h6-7H,4-5H2,1-3H3. The molecule has 2 heterocycles. The average molecular weight is 285 g/mol. The van der Waals surface area contributed by atoms with Crippen LogP contribution in [0.3, 0.4) is 0 Å². The van der Waals surface area contributed by atoms with Crippen LogP contribution in [0, 0.1) is 0 Å². The van der Waals surface area contributed by atoms with Crippen LogP contribution in [-0.4, -0.2) is 39.5 Å². The number of aryl methyl sites for hydroxylation is 2. The minimum atomic E-state index is -3.63. The molecule has 0 radical (unpaired) electrons. The molecule has 2 aromatic heterocycles. The molecule has 9 heteroatoms. The van der Waals surface area contributed by atoms with Gasteiger partial charge in [-0.05, 0) is 0 Å². The Kier molecular flexibility index (Phi) is 3.67. The molecule has 0 aliphatic carbocycles. The van der Waals surface area contributed by atoms with Gasteiger partial charge < -0.3 is 9.09 Å². The van der Waals surface area contributed by atoms with Gasteiger partial charge in [0, 0.05) is 26.7 Å². The SMILES string of the molecule is CCc1nc(CN(C)S(=O)(=O)c2cn(C)cn2)no1. The van der Waals surface area contributed by atoms with E-state index in [1.54, 1.807) is 11.6 Å². The highest BCUT2D eigenvalue weighted by Crippen LogP contribution is 2.13. The summed E-state index contributed by atoms with van der Waals surface area (Å²) in [6.07, 6.45) is 3.49. The molecule has 0 aliphatic heterocycles. The topological polar surface area (TPSA) is 94.1 Å². The van der Waals surface area contributed by atoms with Crippen molar-refractivity contribution in [2.45, 2.75) is 24.9 Å². The second kappa shape index (κ2) is 5.10. The Labute approximate surface area is 111 Å². The average Bonchev–Trinajstić information content (AvgIpc) is 2.98. The molecule has 19 heavy (non-hydrogen) atoms. The Balaban J connectivity index is 2.17. The highest BCUT2D eigenvalue weighted by molar-refractivity contribution is 7.89. The van der Waals surface area contributed by atoms with Crippen LogP contribution in [0.15, 0.2) is 22.1 Å². The molecule has 0 amide bonds. The van der Waals surface area contributed by atoms with Crippen LogP contribution in [0.25, 0.3) is 0 Å². The Morgan fingerprint density at radius 2 is 2.21 bits per heavy atom. The van der Waals surface area contributed by atoms with Gasteiger partial charge in [0.15, 0.2) is 10.9 Å². The molecular weight excluding hydrogens is 270 g/mol. The summed E-state index contributed by atoms with van der Waals surface area (Å²) in [5.41, 5.74) is 0. The van der Waals surface area contributed by atoms with Crippen molar-refractivity contribution in [2.24, 2.45) is 7.05 Å². The summed E-state index contributed by atoms with van der Waals surface area (Å²) < 4.78 is 32.0. The quantitative estimate of drug-likeness (QED) is 0.778. The van der Waals surface area contributed by atoms with Crippen molar-refractivity contribution in [3.63, 3.8) is 0 Å². The molecule has 8 nitrogen and oxygen atoms in total. The molecule has 0 bridgehead atoms. The molecule has 0 aliphatic rings. The molecule has 0 unspecified atom stereocenters. The molecule has 0 aromatic carbocycles. The van der Waals surface area contributed by atoms with Crippen molar-refractivity contribution in [1.82, 2.24) is 24.0 Å². The predicted molar refractivity (Wildman–Crippen MR) is 65.5 cm³/mol. The molecule has 0 saturated carbocycles. The molecule has 104 valence electrons. The summed E-state index contributed by atoms with van der Waals surface area (Å²) in [5.74, 6) is 0.817. The number of sulfonamides is 1. The molecule has 0 atom stereocenters. The first-order valence-electron chi connectivity index (χ1n) is 5.69. The Hall–Kier alpha value is -1.74. The normalized spacial score (nSPS) is 12.2. The van der Waals surface area contributed by atoms with Gasteiger partial charge in [0.2, 0.25) is 5.89 Å². The fourth-order valence-electron chi connectivity index (χ4n) is 1.46. The van der Waals surface area contributed by atoms with Gasteiger partial charge in [0.05, 0.1) is 12.9 Å². The maximum Gasteiger partial charge on any atom is 0.262 e. The van der Waals surface area contributed by atoms with Gasteiger partial charge in [-0.1, -0.05) is 12.1 Å². The van der Waals surface area contributed by atoms with E-state index in [0.717, 1.165) is 4.31 Å². The maximum atomic E-state index is 12.2. The van der Waals surface area contributed by atoms with Crippen molar-refractivity contribution in [3.05, 3.63) is 24.2 Å². The largest absolute Gasteiger partial charge is 0.339 e. The molecular formula is C10H15N5O3S. The molecule has 0 fully saturated rings. The predicted octanol–water partition coefficient (Wildman–Crippen LogP) is 0.186. The van der Waals surface area contributed by atoms with Crippen molar-refractivity contribution >= 4 is 10.0 Å². The summed E-state index contributed by atoms with van der Waals surface area (Å²) in [7, 11) is -0.477. The van der Waals surface area contributed by atoms with Crippen LogP contribution in [-0.2, 0) is 30.0 Å². The highest BCUT2D eigenvalue weighted by atomic mass is 32.2. The number of rotatable bonds is 5. The van der Waals surface area contributed by atoms with Crippen LogP contribution in [0.1, 0.15) is 18.6 Å². The number of aromatic nitrogens is 4. The molecule has 2 aromatic rings. The first-order valence-corrected chi connectivity index (χ1v) is 7.13. The van der Waals surface area contributed by atoms with E-state index in [1.807, 2.05) is 6.92 Å². The first-order chi connectivity index (χ1) is 8.93. The summed E-state index contributed by atoms with van der Waals surface area (Å²) in [6.45, 7) is 1.92. The van der Waals surface area contributed by atoms with Crippen LogP contribution in [0.5, 0.6) is 0 Å². The van der Waals surface area contributed by atoms with E-state index in [0.29, 0.717) is 18.1 Å². The van der Waals surface area contributed by atoms with Gasteiger partial charge in [-0.3, -0.25) is 0 Å². The number of hydrogen-bond acceptors (Lipinski definition) is 6. The fourth-order valence-corrected chi connectivity index (χ4v) is 2.55. The van der Waals surface area contributed by atoms with E-state index in [1.165, 1.54) is 19.6 Å². The lowest BCUT2D eigenvalue weighted by molar-refractivity contribution is 0.368. The maximum absolute atomic E-state index is 12.2. The van der Waals surface area contributed by atoms with Gasteiger partial charge in [-0.2, -0.15) is 9.29 Å². The van der Waals surface area contributed by atoms with E-state index < -0.39 is 10.0 Å². The third-order valence-corrected chi connectivity index (χ3v) is 4.22. The second-order valence-corrected chi connectivity index (χ2v) is 6.09. The molecule has 0 N–H and O–H groups in total. The van der Waals surface area contributed by atoms with Crippen molar-refractivity contribution < 1.29 is 12.9 Å². The number of hydrogen-bond donors (Lipinski definition) is 0. The van der Waals surface area contributed by atoms with E-state index in [2.05, 4.69) is 15.1 Å². The van der Waals surface area contributed by atoms with Gasteiger partial charge in [-0.25, -0.2) is 13.4 Å². The van der Waals surface area contributed by atoms with Crippen molar-refractivity contribution in [1.29, 1.82) is 0 Å². The van der Waals surface area contributed by atoms with Crippen molar-refractivity contribution in [3.8, 4) is 0 Å². The zero-order valence-electron chi connectivity index (χ0n) is 10.9. The smallest absolute Gasteiger partial charge is 0.262 e. The number of nitrogens with zero attached hydrogens (tertiary/aromatic N) is 5. The lowest BCUT2D eigenvalue weighted by Gasteiger charge is -2.12. The zero-order valence-corrected chi connectivity index (χ0v) is 11.8. The summed E-state index contributed by atoms with van der Waals surface area (Å²) in [4.78, 5) is 7.91. The van der Waals surface area contributed by atoms with E-state index in [-0.39, 0.29) is 11.6 Å². The van der Waals surface area contributed by atoms with Crippen LogP contribution < -0.4 is 0 Å². The van der Waals surface area contributed by atoms with Crippen LogP contribution in [0.2, 0.25) is 0 Å². The molecule has 0 saturated heterocycles. The second-order valence-electron chi connectivity index (χ2n) is 4.10. The van der Waals surface area contributed by atoms with Crippen LogP contribution >= 0.6 is 0 Å².